The molecule has 6 nitrogen and oxygen atoms in total. The molecular weight excluding hydrogens is 409 g/mol. The van der Waals surface area contributed by atoms with Gasteiger partial charge in [0.1, 0.15) is 11.3 Å². The summed E-state index contributed by atoms with van der Waals surface area (Å²) < 4.78 is 47.0. The first-order chi connectivity index (χ1) is 14.8. The highest BCUT2D eigenvalue weighted by Gasteiger charge is 2.36. The topological polar surface area (TPSA) is 68.5 Å². The smallest absolute Gasteiger partial charge is 0.433 e. The zero-order valence-electron chi connectivity index (χ0n) is 16.6. The molecule has 2 aromatic heterocycles. The molecular formula is C22H17F3N4O2. The second-order valence-corrected chi connectivity index (χ2v) is 6.87. The summed E-state index contributed by atoms with van der Waals surface area (Å²) in [5.41, 5.74) is 0.670. The van der Waals surface area contributed by atoms with Crippen LogP contribution in [0, 0.1) is 6.92 Å². The molecule has 0 spiro atoms. The van der Waals surface area contributed by atoms with Crippen molar-refractivity contribution >= 4 is 17.2 Å². The van der Waals surface area contributed by atoms with Gasteiger partial charge in [0.15, 0.2) is 11.3 Å². The standard InChI is InChI=1S/C22H17F3N4O2/c1-13-6-8-15(9-7-13)27-21(30)17-12-26-29-19(22(23,24)25)11-18(28-20(17)29)14-4-3-5-16(10-14)31-2/h3-12H,1-2H3,(H,27,30). The van der Waals surface area contributed by atoms with Crippen LogP contribution in [0.5, 0.6) is 5.75 Å². The molecule has 1 N–H and O–H groups in total. The third-order valence-electron chi connectivity index (χ3n) is 4.68. The Morgan fingerprint density at radius 1 is 1.10 bits per heavy atom. The number of anilines is 1. The molecule has 4 rings (SSSR count). The molecule has 158 valence electrons. The molecule has 2 heterocycles. The van der Waals surface area contributed by atoms with Gasteiger partial charge >= 0.3 is 6.18 Å². The number of carbonyl (C=O) groups excluding carboxylic acids is 1. The Morgan fingerprint density at radius 3 is 2.52 bits per heavy atom. The lowest BCUT2D eigenvalue weighted by molar-refractivity contribution is -0.142. The Labute approximate surface area is 175 Å². The van der Waals surface area contributed by atoms with Crippen molar-refractivity contribution in [3.05, 3.63) is 77.6 Å². The average molecular weight is 426 g/mol. The number of rotatable bonds is 4. The SMILES string of the molecule is COc1cccc(-c2cc(C(F)(F)F)n3ncc(C(=O)Nc4ccc(C)cc4)c3n2)c1. The van der Waals surface area contributed by atoms with Crippen LogP contribution in [0.2, 0.25) is 0 Å². The minimum atomic E-state index is -4.70. The van der Waals surface area contributed by atoms with Gasteiger partial charge in [-0.3, -0.25) is 4.79 Å². The van der Waals surface area contributed by atoms with Crippen LogP contribution in [-0.4, -0.2) is 27.6 Å². The molecule has 4 aromatic rings. The van der Waals surface area contributed by atoms with Crippen molar-refractivity contribution in [1.29, 1.82) is 0 Å². The summed E-state index contributed by atoms with van der Waals surface area (Å²) in [5, 5.41) is 6.44. The molecule has 0 radical (unpaired) electrons. The van der Waals surface area contributed by atoms with Gasteiger partial charge in [-0.1, -0.05) is 29.8 Å². The number of ether oxygens (including phenoxy) is 1. The fraction of sp³-hybridized carbons (Fsp3) is 0.136. The molecule has 0 saturated carbocycles. The van der Waals surface area contributed by atoms with E-state index in [-0.39, 0.29) is 16.9 Å². The quantitative estimate of drug-likeness (QED) is 0.500. The van der Waals surface area contributed by atoms with Crippen molar-refractivity contribution in [2.45, 2.75) is 13.1 Å². The van der Waals surface area contributed by atoms with Crippen LogP contribution in [0.3, 0.4) is 0 Å². The number of hydrogen-bond acceptors (Lipinski definition) is 4. The number of nitrogens with zero attached hydrogens (tertiary/aromatic N) is 3. The minimum absolute atomic E-state index is 0.0450. The van der Waals surface area contributed by atoms with Crippen molar-refractivity contribution in [2.24, 2.45) is 0 Å². The van der Waals surface area contributed by atoms with E-state index in [2.05, 4.69) is 15.4 Å². The van der Waals surface area contributed by atoms with Gasteiger partial charge in [-0.25, -0.2) is 9.50 Å². The number of amides is 1. The van der Waals surface area contributed by atoms with Gasteiger partial charge < -0.3 is 10.1 Å². The Balaban J connectivity index is 1.84. The second kappa shape index (κ2) is 7.75. The molecule has 0 bridgehead atoms. The van der Waals surface area contributed by atoms with E-state index in [1.807, 2.05) is 19.1 Å². The molecule has 2 aromatic carbocycles. The highest BCUT2D eigenvalue weighted by Crippen LogP contribution is 2.33. The van der Waals surface area contributed by atoms with Gasteiger partial charge in [-0.05, 0) is 37.3 Å². The van der Waals surface area contributed by atoms with Crippen LogP contribution < -0.4 is 10.1 Å². The molecule has 0 aliphatic heterocycles. The number of carbonyl (C=O) groups is 1. The highest BCUT2D eigenvalue weighted by atomic mass is 19.4. The molecule has 1 amide bonds. The van der Waals surface area contributed by atoms with Gasteiger partial charge in [-0.15, -0.1) is 0 Å². The van der Waals surface area contributed by atoms with Crippen molar-refractivity contribution in [3.8, 4) is 17.0 Å². The van der Waals surface area contributed by atoms with E-state index < -0.39 is 17.8 Å². The van der Waals surface area contributed by atoms with E-state index in [1.165, 1.54) is 7.11 Å². The van der Waals surface area contributed by atoms with Crippen LogP contribution in [0.25, 0.3) is 16.9 Å². The number of methoxy groups -OCH3 is 1. The van der Waals surface area contributed by atoms with Crippen LogP contribution in [0.15, 0.2) is 60.8 Å². The van der Waals surface area contributed by atoms with Crippen LogP contribution in [0.4, 0.5) is 18.9 Å². The van der Waals surface area contributed by atoms with Crippen LogP contribution in [0.1, 0.15) is 21.6 Å². The lowest BCUT2D eigenvalue weighted by Gasteiger charge is -2.12. The van der Waals surface area contributed by atoms with E-state index in [9.17, 15) is 18.0 Å². The molecule has 0 fully saturated rings. The maximum Gasteiger partial charge on any atom is 0.433 e. The molecule has 0 aliphatic rings. The summed E-state index contributed by atoms with van der Waals surface area (Å²) in [4.78, 5) is 17.1. The van der Waals surface area contributed by atoms with Gasteiger partial charge in [-0.2, -0.15) is 18.3 Å². The molecule has 0 atom stereocenters. The Morgan fingerprint density at radius 2 is 1.84 bits per heavy atom. The van der Waals surface area contributed by atoms with Crippen molar-refractivity contribution < 1.29 is 22.7 Å². The molecule has 0 unspecified atom stereocenters. The summed E-state index contributed by atoms with van der Waals surface area (Å²) in [7, 11) is 1.46. The van der Waals surface area contributed by atoms with Gasteiger partial charge in [0.25, 0.3) is 5.91 Å². The number of aryl methyl sites for hydroxylation is 1. The first-order valence-corrected chi connectivity index (χ1v) is 9.24. The van der Waals surface area contributed by atoms with Crippen molar-refractivity contribution in [1.82, 2.24) is 14.6 Å². The predicted molar refractivity (Wildman–Crippen MR) is 109 cm³/mol. The van der Waals surface area contributed by atoms with Gasteiger partial charge in [0.05, 0.1) is 19.0 Å². The fourth-order valence-electron chi connectivity index (χ4n) is 3.09. The molecule has 0 aliphatic carbocycles. The zero-order chi connectivity index (χ0) is 22.2. The maximum atomic E-state index is 13.7. The van der Waals surface area contributed by atoms with Crippen molar-refractivity contribution in [3.63, 3.8) is 0 Å². The predicted octanol–water partition coefficient (Wildman–Crippen LogP) is 4.98. The van der Waals surface area contributed by atoms with E-state index in [1.54, 1.807) is 36.4 Å². The maximum absolute atomic E-state index is 13.7. The summed E-state index contributed by atoms with van der Waals surface area (Å²) in [6.45, 7) is 1.90. The largest absolute Gasteiger partial charge is 0.497 e. The third-order valence-corrected chi connectivity index (χ3v) is 4.68. The lowest BCUT2D eigenvalue weighted by atomic mass is 10.1. The van der Waals surface area contributed by atoms with E-state index in [0.717, 1.165) is 17.8 Å². The Hall–Kier alpha value is -3.88. The number of nitrogens with one attached hydrogen (secondary N) is 1. The first-order valence-electron chi connectivity index (χ1n) is 9.24. The Kier molecular flexibility index (Phi) is 5.10. The summed E-state index contributed by atoms with van der Waals surface area (Å²) in [5.74, 6) is -0.138. The highest BCUT2D eigenvalue weighted by molar-refractivity contribution is 6.08. The van der Waals surface area contributed by atoms with E-state index >= 15 is 0 Å². The van der Waals surface area contributed by atoms with Gasteiger partial charge in [0.2, 0.25) is 0 Å². The third kappa shape index (κ3) is 4.07. The lowest BCUT2D eigenvalue weighted by Crippen LogP contribution is -2.15. The minimum Gasteiger partial charge on any atom is -0.497 e. The number of aromatic nitrogens is 3. The fourth-order valence-corrected chi connectivity index (χ4v) is 3.09. The summed E-state index contributed by atoms with van der Waals surface area (Å²) in [6.07, 6.45) is -3.62. The Bertz CT molecular complexity index is 1260. The molecule has 0 saturated heterocycles. The molecule has 31 heavy (non-hydrogen) atoms. The normalized spacial score (nSPS) is 11.5. The van der Waals surface area contributed by atoms with Crippen LogP contribution in [-0.2, 0) is 6.18 Å². The number of halogens is 3. The first kappa shape index (κ1) is 20.4. The number of benzene rings is 2. The van der Waals surface area contributed by atoms with E-state index in [4.69, 9.17) is 4.74 Å². The monoisotopic (exact) mass is 426 g/mol. The zero-order valence-corrected chi connectivity index (χ0v) is 16.6. The summed E-state index contributed by atoms with van der Waals surface area (Å²) >= 11 is 0. The number of alkyl halides is 3. The van der Waals surface area contributed by atoms with Gasteiger partial charge in [0, 0.05) is 11.3 Å². The number of fused-ring (bicyclic) bond motifs is 1. The van der Waals surface area contributed by atoms with Crippen molar-refractivity contribution in [2.75, 3.05) is 12.4 Å². The molecule has 9 heteroatoms. The van der Waals surface area contributed by atoms with E-state index in [0.29, 0.717) is 21.5 Å². The van der Waals surface area contributed by atoms with Crippen LogP contribution >= 0.6 is 0 Å². The summed E-state index contributed by atoms with van der Waals surface area (Å²) in [6, 6.07) is 14.4. The average Bonchev–Trinajstić information content (AvgIpc) is 3.18. The second-order valence-electron chi connectivity index (χ2n) is 6.87. The number of hydrogen-bond donors (Lipinski definition) is 1.